The van der Waals surface area contributed by atoms with Crippen molar-refractivity contribution in [2.45, 2.75) is 11.8 Å². The number of hydrogen-bond acceptors (Lipinski definition) is 2. The highest BCUT2D eigenvalue weighted by Crippen LogP contribution is 2.15. The molecule has 0 heterocycles. The molecule has 0 saturated carbocycles. The summed E-state index contributed by atoms with van der Waals surface area (Å²) in [4.78, 5) is 0.250. The highest BCUT2D eigenvalue weighted by molar-refractivity contribution is 7.89. The van der Waals surface area contributed by atoms with Gasteiger partial charge in [0.2, 0.25) is 10.0 Å². The van der Waals surface area contributed by atoms with E-state index in [1.807, 2.05) is 6.92 Å². The van der Waals surface area contributed by atoms with Crippen molar-refractivity contribution in [1.29, 1.82) is 0 Å². The average molecular weight is 249 g/mol. The molecule has 0 aliphatic heterocycles. The van der Waals surface area contributed by atoms with Crippen molar-refractivity contribution in [2.24, 2.45) is 0 Å². The van der Waals surface area contributed by atoms with Crippen molar-refractivity contribution in [3.05, 3.63) is 42.5 Å². The summed E-state index contributed by atoms with van der Waals surface area (Å²) in [5.74, 6) is 2.34. The normalized spacial score (nSPS) is 11.1. The predicted molar refractivity (Wildman–Crippen MR) is 69.0 cm³/mol. The van der Waals surface area contributed by atoms with Gasteiger partial charge in [-0.05, 0) is 19.1 Å². The van der Waals surface area contributed by atoms with E-state index in [1.165, 1.54) is 10.4 Å². The summed E-state index contributed by atoms with van der Waals surface area (Å²) >= 11 is 0. The third kappa shape index (κ3) is 3.19. The summed E-state index contributed by atoms with van der Waals surface area (Å²) in [5, 5.41) is 0. The van der Waals surface area contributed by atoms with Crippen LogP contribution in [0.5, 0.6) is 0 Å². The highest BCUT2D eigenvalue weighted by atomic mass is 32.2. The van der Waals surface area contributed by atoms with Crippen LogP contribution in [0.2, 0.25) is 0 Å². The van der Waals surface area contributed by atoms with Gasteiger partial charge in [-0.2, -0.15) is 4.31 Å². The third-order valence-electron chi connectivity index (χ3n) is 2.26. The van der Waals surface area contributed by atoms with Crippen LogP contribution in [0.1, 0.15) is 5.56 Å². The molecule has 0 aliphatic rings. The fourth-order valence-corrected chi connectivity index (χ4v) is 2.68. The second kappa shape index (κ2) is 5.67. The first-order valence-electron chi connectivity index (χ1n) is 5.13. The van der Waals surface area contributed by atoms with Gasteiger partial charge in [0.25, 0.3) is 0 Å². The van der Waals surface area contributed by atoms with E-state index >= 15 is 0 Å². The zero-order valence-electron chi connectivity index (χ0n) is 9.76. The topological polar surface area (TPSA) is 37.4 Å². The summed E-state index contributed by atoms with van der Waals surface area (Å²) in [7, 11) is -3.52. The Morgan fingerprint density at radius 2 is 2.00 bits per heavy atom. The predicted octanol–water partition coefficient (Wildman–Crippen LogP) is 1.80. The van der Waals surface area contributed by atoms with Crippen LogP contribution in [-0.4, -0.2) is 25.8 Å². The van der Waals surface area contributed by atoms with E-state index in [9.17, 15) is 8.42 Å². The molecule has 0 saturated heterocycles. The van der Waals surface area contributed by atoms with Gasteiger partial charge in [-0.25, -0.2) is 8.42 Å². The lowest BCUT2D eigenvalue weighted by Crippen LogP contribution is -2.31. The largest absolute Gasteiger partial charge is 0.244 e. The lowest BCUT2D eigenvalue weighted by Gasteiger charge is -2.18. The van der Waals surface area contributed by atoms with E-state index in [2.05, 4.69) is 12.5 Å². The quantitative estimate of drug-likeness (QED) is 0.589. The molecular weight excluding hydrogens is 234 g/mol. The summed E-state index contributed by atoms with van der Waals surface area (Å²) in [5.41, 5.74) is 1.01. The number of sulfonamides is 1. The minimum atomic E-state index is -3.52. The van der Waals surface area contributed by atoms with Crippen molar-refractivity contribution in [3.63, 3.8) is 0 Å². The Morgan fingerprint density at radius 1 is 1.41 bits per heavy atom. The van der Waals surface area contributed by atoms with Gasteiger partial charge in [0.15, 0.2) is 0 Å². The number of nitrogens with zero attached hydrogens (tertiary/aromatic N) is 1. The summed E-state index contributed by atoms with van der Waals surface area (Å²) < 4.78 is 25.6. The molecule has 0 aromatic heterocycles. The van der Waals surface area contributed by atoms with Gasteiger partial charge < -0.3 is 0 Å². The molecule has 1 aromatic carbocycles. The van der Waals surface area contributed by atoms with Crippen LogP contribution < -0.4 is 0 Å². The van der Waals surface area contributed by atoms with Gasteiger partial charge in [0.05, 0.1) is 11.4 Å². The zero-order valence-corrected chi connectivity index (χ0v) is 10.6. The first kappa shape index (κ1) is 13.5. The first-order chi connectivity index (χ1) is 8.02. The second-order valence-corrected chi connectivity index (χ2v) is 5.54. The average Bonchev–Trinajstić information content (AvgIpc) is 2.29. The molecule has 0 spiro atoms. The Labute approximate surface area is 103 Å². The number of benzene rings is 1. The van der Waals surface area contributed by atoms with Crippen molar-refractivity contribution in [3.8, 4) is 12.3 Å². The van der Waals surface area contributed by atoms with Gasteiger partial charge in [-0.15, -0.1) is 13.0 Å². The van der Waals surface area contributed by atoms with Crippen LogP contribution in [0.4, 0.5) is 0 Å². The SMILES string of the molecule is C#CCN(CC=C)S(=O)(=O)c1ccc(C)cc1. The molecule has 0 atom stereocenters. The summed E-state index contributed by atoms with van der Waals surface area (Å²) in [6.45, 7) is 5.68. The number of terminal acetylenes is 1. The van der Waals surface area contributed by atoms with Gasteiger partial charge in [-0.1, -0.05) is 29.7 Å². The minimum Gasteiger partial charge on any atom is -0.207 e. The molecule has 90 valence electrons. The molecule has 17 heavy (non-hydrogen) atoms. The second-order valence-electron chi connectivity index (χ2n) is 3.60. The fourth-order valence-electron chi connectivity index (χ4n) is 1.35. The van der Waals surface area contributed by atoms with E-state index < -0.39 is 10.0 Å². The minimum absolute atomic E-state index is 0.0439. The number of hydrogen-bond donors (Lipinski definition) is 0. The van der Waals surface area contributed by atoms with Crippen molar-refractivity contribution in [2.75, 3.05) is 13.1 Å². The fraction of sp³-hybridized carbons (Fsp3) is 0.231. The summed E-state index contributed by atoms with van der Waals surface area (Å²) in [6.07, 6.45) is 6.69. The molecule has 0 fully saturated rings. The van der Waals surface area contributed by atoms with Crippen LogP contribution >= 0.6 is 0 Å². The van der Waals surface area contributed by atoms with Crippen LogP contribution in [0.25, 0.3) is 0 Å². The third-order valence-corrected chi connectivity index (χ3v) is 4.09. The molecule has 3 nitrogen and oxygen atoms in total. The standard InChI is InChI=1S/C13H15NO2S/c1-4-10-14(11-5-2)17(15,16)13-8-6-12(3)7-9-13/h1,5-9H,2,10-11H2,3H3. The van der Waals surface area contributed by atoms with Gasteiger partial charge in [-0.3, -0.25) is 0 Å². The van der Waals surface area contributed by atoms with Crippen LogP contribution in [0.15, 0.2) is 41.8 Å². The lowest BCUT2D eigenvalue weighted by molar-refractivity contribution is 0.478. The molecule has 4 heteroatoms. The van der Waals surface area contributed by atoms with Crippen LogP contribution in [0, 0.1) is 19.3 Å². The summed E-state index contributed by atoms with van der Waals surface area (Å²) in [6, 6.07) is 6.68. The van der Waals surface area contributed by atoms with E-state index in [4.69, 9.17) is 6.42 Å². The Hall–Kier alpha value is -1.57. The van der Waals surface area contributed by atoms with Gasteiger partial charge in [0, 0.05) is 6.54 Å². The molecule has 0 N–H and O–H groups in total. The maximum atomic E-state index is 12.2. The van der Waals surface area contributed by atoms with Crippen LogP contribution in [-0.2, 0) is 10.0 Å². The molecule has 0 aliphatic carbocycles. The molecular formula is C13H15NO2S. The zero-order chi connectivity index (χ0) is 12.9. The van der Waals surface area contributed by atoms with E-state index in [-0.39, 0.29) is 18.0 Å². The molecule has 0 unspecified atom stereocenters. The van der Waals surface area contributed by atoms with E-state index in [1.54, 1.807) is 24.3 Å². The van der Waals surface area contributed by atoms with Gasteiger partial charge >= 0.3 is 0 Å². The Kier molecular flexibility index (Phi) is 4.50. The maximum absolute atomic E-state index is 12.2. The van der Waals surface area contributed by atoms with E-state index in [0.717, 1.165) is 5.56 Å². The molecule has 1 aromatic rings. The number of aryl methyl sites for hydroxylation is 1. The van der Waals surface area contributed by atoms with E-state index in [0.29, 0.717) is 0 Å². The Bertz CT molecular complexity index is 524. The van der Waals surface area contributed by atoms with Crippen molar-refractivity contribution < 1.29 is 8.42 Å². The van der Waals surface area contributed by atoms with Crippen molar-refractivity contribution >= 4 is 10.0 Å². The van der Waals surface area contributed by atoms with Gasteiger partial charge in [0.1, 0.15) is 0 Å². The maximum Gasteiger partial charge on any atom is 0.244 e. The number of rotatable bonds is 5. The molecule has 1 rings (SSSR count). The Balaban J connectivity index is 3.12. The smallest absolute Gasteiger partial charge is 0.207 e. The monoisotopic (exact) mass is 249 g/mol. The Morgan fingerprint density at radius 3 is 2.47 bits per heavy atom. The molecule has 0 radical (unpaired) electrons. The molecule has 0 bridgehead atoms. The van der Waals surface area contributed by atoms with Crippen LogP contribution in [0.3, 0.4) is 0 Å². The van der Waals surface area contributed by atoms with Crippen molar-refractivity contribution in [1.82, 2.24) is 4.31 Å². The molecule has 0 amide bonds. The first-order valence-corrected chi connectivity index (χ1v) is 6.57. The lowest BCUT2D eigenvalue weighted by atomic mass is 10.2. The highest BCUT2D eigenvalue weighted by Gasteiger charge is 2.22.